The van der Waals surface area contributed by atoms with E-state index in [-0.39, 0.29) is 11.6 Å². The van der Waals surface area contributed by atoms with Crippen LogP contribution < -0.4 is 0 Å². The van der Waals surface area contributed by atoms with E-state index in [4.69, 9.17) is 16.7 Å². The van der Waals surface area contributed by atoms with Gasteiger partial charge < -0.3 is 5.11 Å². The van der Waals surface area contributed by atoms with Crippen molar-refractivity contribution in [1.29, 1.82) is 0 Å². The molecule has 4 nitrogen and oxygen atoms in total. The quantitative estimate of drug-likeness (QED) is 0.715. The molecule has 5 heteroatoms. The third kappa shape index (κ3) is 2.51. The van der Waals surface area contributed by atoms with Gasteiger partial charge in [-0.15, -0.1) is 0 Å². The Hall–Kier alpha value is -1.16. The molecular weight excluding hydrogens is 168 g/mol. The highest BCUT2D eigenvalue weighted by atomic mass is 35.5. The molecular formula is C6H5ClN2O2. The van der Waals surface area contributed by atoms with E-state index in [1.165, 1.54) is 12.4 Å². The van der Waals surface area contributed by atoms with E-state index in [0.717, 1.165) is 0 Å². The summed E-state index contributed by atoms with van der Waals surface area (Å²) in [4.78, 5) is 17.6. The Kier molecular flexibility index (Phi) is 2.38. The molecule has 0 aliphatic rings. The number of rotatable bonds is 2. The minimum atomic E-state index is -0.943. The molecule has 1 heterocycles. The Bertz CT molecular complexity index is 277. The van der Waals surface area contributed by atoms with Crippen molar-refractivity contribution in [2.45, 2.75) is 6.42 Å². The average Bonchev–Trinajstić information content (AvgIpc) is 1.85. The first-order chi connectivity index (χ1) is 5.18. The number of aromatic nitrogens is 2. The lowest BCUT2D eigenvalue weighted by atomic mass is 10.3. The molecule has 1 aromatic heterocycles. The van der Waals surface area contributed by atoms with Crippen molar-refractivity contribution < 1.29 is 9.90 Å². The van der Waals surface area contributed by atoms with Crippen LogP contribution >= 0.6 is 11.6 Å². The molecule has 0 saturated heterocycles. The summed E-state index contributed by atoms with van der Waals surface area (Å²) < 4.78 is 0. The van der Waals surface area contributed by atoms with Crippen LogP contribution in [0.5, 0.6) is 0 Å². The fourth-order valence-corrected chi connectivity index (χ4v) is 0.785. The first-order valence-corrected chi connectivity index (χ1v) is 3.24. The number of carboxylic acids is 1. The van der Waals surface area contributed by atoms with Crippen molar-refractivity contribution in [3.63, 3.8) is 0 Å². The van der Waals surface area contributed by atoms with Crippen LogP contribution in [0.3, 0.4) is 0 Å². The lowest BCUT2D eigenvalue weighted by Crippen LogP contribution is -2.02. The second kappa shape index (κ2) is 3.30. The molecule has 0 radical (unpaired) electrons. The maximum atomic E-state index is 10.2. The number of carboxylic acid groups (broad SMARTS) is 1. The first-order valence-electron chi connectivity index (χ1n) is 2.86. The molecule has 0 spiro atoms. The second-order valence-electron chi connectivity index (χ2n) is 1.90. The van der Waals surface area contributed by atoms with Crippen molar-refractivity contribution in [3.05, 3.63) is 23.2 Å². The van der Waals surface area contributed by atoms with Gasteiger partial charge in [-0.2, -0.15) is 0 Å². The molecule has 0 saturated carbocycles. The van der Waals surface area contributed by atoms with Gasteiger partial charge in [0, 0.05) is 6.20 Å². The Labute approximate surface area is 67.9 Å². The summed E-state index contributed by atoms with van der Waals surface area (Å²) in [5, 5.41) is 8.56. The molecule has 0 aliphatic carbocycles. The minimum absolute atomic E-state index is 0.145. The first kappa shape index (κ1) is 7.94. The van der Waals surface area contributed by atoms with E-state index in [2.05, 4.69) is 9.97 Å². The van der Waals surface area contributed by atoms with Crippen LogP contribution in [0, 0.1) is 0 Å². The molecule has 1 N–H and O–H groups in total. The van der Waals surface area contributed by atoms with E-state index < -0.39 is 5.97 Å². The molecule has 1 rings (SSSR count). The molecule has 1 aromatic rings. The molecule has 0 aromatic carbocycles. The summed E-state index contributed by atoms with van der Waals surface area (Å²) in [6.45, 7) is 0. The number of hydrogen-bond donors (Lipinski definition) is 1. The van der Waals surface area contributed by atoms with Crippen LogP contribution in [0.25, 0.3) is 0 Å². The van der Waals surface area contributed by atoms with Crippen molar-refractivity contribution >= 4 is 17.6 Å². The van der Waals surface area contributed by atoms with Crippen LogP contribution in [0.4, 0.5) is 0 Å². The highest BCUT2D eigenvalue weighted by Crippen LogP contribution is 2.02. The van der Waals surface area contributed by atoms with Gasteiger partial charge in [0.05, 0.1) is 18.3 Å². The van der Waals surface area contributed by atoms with Crippen molar-refractivity contribution in [1.82, 2.24) is 9.97 Å². The van der Waals surface area contributed by atoms with Gasteiger partial charge >= 0.3 is 5.97 Å². The van der Waals surface area contributed by atoms with Crippen molar-refractivity contribution in [2.75, 3.05) is 0 Å². The largest absolute Gasteiger partial charge is 0.481 e. The van der Waals surface area contributed by atoms with Crippen molar-refractivity contribution in [3.8, 4) is 0 Å². The maximum absolute atomic E-state index is 10.2. The lowest BCUT2D eigenvalue weighted by molar-refractivity contribution is -0.136. The van der Waals surface area contributed by atoms with E-state index >= 15 is 0 Å². The van der Waals surface area contributed by atoms with Gasteiger partial charge in [0.2, 0.25) is 0 Å². The highest BCUT2D eigenvalue weighted by molar-refractivity contribution is 6.29. The third-order valence-corrected chi connectivity index (χ3v) is 1.17. The van der Waals surface area contributed by atoms with Gasteiger partial charge in [0.1, 0.15) is 5.15 Å². The number of hydrogen-bond acceptors (Lipinski definition) is 3. The van der Waals surface area contributed by atoms with Gasteiger partial charge in [0.25, 0.3) is 0 Å². The zero-order chi connectivity index (χ0) is 8.27. The molecule has 0 amide bonds. The normalized spacial score (nSPS) is 9.55. The van der Waals surface area contributed by atoms with E-state index in [9.17, 15) is 4.79 Å². The van der Waals surface area contributed by atoms with Gasteiger partial charge in [-0.25, -0.2) is 4.98 Å². The van der Waals surface area contributed by atoms with Crippen LogP contribution in [-0.2, 0) is 11.2 Å². The summed E-state index contributed by atoms with van der Waals surface area (Å²) in [6, 6.07) is 0. The Balaban J connectivity index is 2.79. The number of halogens is 1. The summed E-state index contributed by atoms with van der Waals surface area (Å²) >= 11 is 5.46. The SMILES string of the molecule is O=C(O)Cc1cncc(Cl)n1. The van der Waals surface area contributed by atoms with E-state index in [1.807, 2.05) is 0 Å². The van der Waals surface area contributed by atoms with Gasteiger partial charge in [-0.1, -0.05) is 11.6 Å². The highest BCUT2D eigenvalue weighted by Gasteiger charge is 2.01. The number of aliphatic carboxylic acids is 1. The van der Waals surface area contributed by atoms with Gasteiger partial charge in [0.15, 0.2) is 0 Å². The number of carbonyl (C=O) groups is 1. The summed E-state index contributed by atoms with van der Waals surface area (Å²) in [5.41, 5.74) is 0.366. The van der Waals surface area contributed by atoms with E-state index in [1.54, 1.807) is 0 Å². The average molecular weight is 173 g/mol. The Morgan fingerprint density at radius 2 is 2.36 bits per heavy atom. The van der Waals surface area contributed by atoms with Gasteiger partial charge in [-0.3, -0.25) is 9.78 Å². The maximum Gasteiger partial charge on any atom is 0.309 e. The summed E-state index contributed by atoms with van der Waals surface area (Å²) in [6.07, 6.45) is 2.58. The van der Waals surface area contributed by atoms with Crippen LogP contribution in [0.15, 0.2) is 12.4 Å². The Morgan fingerprint density at radius 3 is 2.91 bits per heavy atom. The predicted octanol–water partition coefficient (Wildman–Crippen LogP) is 0.757. The van der Waals surface area contributed by atoms with Crippen LogP contribution in [-0.4, -0.2) is 21.0 Å². The molecule has 0 fully saturated rings. The molecule has 0 bridgehead atoms. The lowest BCUT2D eigenvalue weighted by Gasteiger charge is -1.93. The van der Waals surface area contributed by atoms with E-state index in [0.29, 0.717) is 5.69 Å². The third-order valence-electron chi connectivity index (χ3n) is 0.987. The second-order valence-corrected chi connectivity index (χ2v) is 2.29. The zero-order valence-corrected chi connectivity index (χ0v) is 6.25. The zero-order valence-electron chi connectivity index (χ0n) is 5.49. The minimum Gasteiger partial charge on any atom is -0.481 e. The van der Waals surface area contributed by atoms with Crippen LogP contribution in [0.2, 0.25) is 5.15 Å². The monoisotopic (exact) mass is 172 g/mol. The molecule has 58 valence electrons. The van der Waals surface area contributed by atoms with Gasteiger partial charge in [-0.05, 0) is 0 Å². The number of nitrogens with zero attached hydrogens (tertiary/aromatic N) is 2. The predicted molar refractivity (Wildman–Crippen MR) is 38.4 cm³/mol. The van der Waals surface area contributed by atoms with Crippen molar-refractivity contribution in [2.24, 2.45) is 0 Å². The Morgan fingerprint density at radius 1 is 1.64 bits per heavy atom. The smallest absolute Gasteiger partial charge is 0.309 e. The topological polar surface area (TPSA) is 63.1 Å². The molecule has 0 aliphatic heterocycles. The fraction of sp³-hybridized carbons (Fsp3) is 0.167. The fourth-order valence-electron chi connectivity index (χ4n) is 0.620. The summed E-state index contributed by atoms with van der Waals surface area (Å²) in [5.74, 6) is -0.943. The molecule has 11 heavy (non-hydrogen) atoms. The van der Waals surface area contributed by atoms with Crippen LogP contribution in [0.1, 0.15) is 5.69 Å². The molecule has 0 atom stereocenters. The summed E-state index contributed by atoms with van der Waals surface area (Å²) in [7, 11) is 0. The standard InChI is InChI=1S/C6H5ClN2O2/c7-5-3-8-2-4(9-5)1-6(10)11/h2-3H,1H2,(H,10,11). The molecule has 0 unspecified atom stereocenters.